The van der Waals surface area contributed by atoms with Gasteiger partial charge in [-0.05, 0) is 23.8 Å². The third-order valence-corrected chi connectivity index (χ3v) is 1.99. The maximum atomic E-state index is 12.3. The molecule has 6 heteroatoms. The minimum atomic E-state index is -4.36. The van der Waals surface area contributed by atoms with E-state index in [9.17, 15) is 13.2 Å². The minimum absolute atomic E-state index is 0.177. The predicted molar refractivity (Wildman–Crippen MR) is 60.5 cm³/mol. The summed E-state index contributed by atoms with van der Waals surface area (Å²) in [6.07, 6.45) is -1.78. The van der Waals surface area contributed by atoms with Crippen molar-refractivity contribution in [3.8, 4) is 6.07 Å². The summed E-state index contributed by atoms with van der Waals surface area (Å²) in [5.41, 5.74) is -0.0811. The molecule has 0 aliphatic heterocycles. The van der Waals surface area contributed by atoms with E-state index < -0.39 is 11.7 Å². The molecule has 0 radical (unpaired) electrons. The fourth-order valence-electron chi connectivity index (χ4n) is 1.16. The van der Waals surface area contributed by atoms with Gasteiger partial charge in [0.1, 0.15) is 13.2 Å². The first kappa shape index (κ1) is 13.8. The molecule has 3 nitrogen and oxygen atoms in total. The number of halogens is 3. The predicted octanol–water partition coefficient (Wildman–Crippen LogP) is 3.24. The molecule has 0 N–H and O–H groups in total. The van der Waals surface area contributed by atoms with E-state index in [0.717, 1.165) is 12.1 Å². The number of alkyl halides is 3. The van der Waals surface area contributed by atoms with Crippen molar-refractivity contribution in [1.29, 1.82) is 5.26 Å². The van der Waals surface area contributed by atoms with Gasteiger partial charge in [0.15, 0.2) is 0 Å². The summed E-state index contributed by atoms with van der Waals surface area (Å²) in [6.45, 7) is 0. The summed E-state index contributed by atoms with van der Waals surface area (Å²) in [7, 11) is 1.32. The molecule has 0 saturated carbocycles. The molecule has 0 aliphatic carbocycles. The summed E-state index contributed by atoms with van der Waals surface area (Å²) < 4.78 is 36.9. The van der Waals surface area contributed by atoms with Crippen molar-refractivity contribution in [3.05, 3.63) is 41.0 Å². The highest BCUT2D eigenvalue weighted by Crippen LogP contribution is 2.29. The van der Waals surface area contributed by atoms with E-state index in [1.54, 1.807) is 0 Å². The molecular weight excluding hydrogens is 245 g/mol. The van der Waals surface area contributed by atoms with E-state index in [0.29, 0.717) is 5.56 Å². The summed E-state index contributed by atoms with van der Waals surface area (Å²) >= 11 is 0. The second-order valence-electron chi connectivity index (χ2n) is 3.25. The van der Waals surface area contributed by atoms with Gasteiger partial charge in [-0.15, -0.1) is 0 Å². The zero-order chi connectivity index (χ0) is 13.6. The molecule has 0 fully saturated rings. The molecular formula is C12H9F3N2O. The average molecular weight is 254 g/mol. The number of nitriles is 1. The van der Waals surface area contributed by atoms with Crippen LogP contribution in [0.1, 0.15) is 11.1 Å². The lowest BCUT2D eigenvalue weighted by Gasteiger charge is -2.05. The Hall–Kier alpha value is -2.29. The van der Waals surface area contributed by atoms with E-state index in [2.05, 4.69) is 9.99 Å². The molecule has 1 rings (SSSR count). The quantitative estimate of drug-likeness (QED) is 0.472. The van der Waals surface area contributed by atoms with Gasteiger partial charge in [-0.1, -0.05) is 17.3 Å². The standard InChI is InChI=1S/C12H9F3N2O/c1-18-17-8-10(7-16)6-9-2-4-11(5-3-9)12(13,14)15/h2-6,8H,1H3. The first-order valence-corrected chi connectivity index (χ1v) is 4.83. The van der Waals surface area contributed by atoms with Crippen LogP contribution in [0.2, 0.25) is 0 Å². The second kappa shape index (κ2) is 5.87. The zero-order valence-corrected chi connectivity index (χ0v) is 9.40. The summed E-state index contributed by atoms with van der Waals surface area (Å²) in [4.78, 5) is 4.40. The number of nitrogens with zero attached hydrogens (tertiary/aromatic N) is 2. The van der Waals surface area contributed by atoms with E-state index in [1.807, 2.05) is 6.07 Å². The third-order valence-electron chi connectivity index (χ3n) is 1.99. The van der Waals surface area contributed by atoms with Gasteiger partial charge >= 0.3 is 6.18 Å². The van der Waals surface area contributed by atoms with Gasteiger partial charge in [0.25, 0.3) is 0 Å². The highest BCUT2D eigenvalue weighted by molar-refractivity contribution is 5.89. The summed E-state index contributed by atoms with van der Waals surface area (Å²) in [6, 6.07) is 6.30. The van der Waals surface area contributed by atoms with Crippen LogP contribution in [-0.2, 0) is 11.0 Å². The van der Waals surface area contributed by atoms with Crippen molar-refractivity contribution in [2.75, 3.05) is 7.11 Å². The minimum Gasteiger partial charge on any atom is -0.399 e. The molecule has 0 bridgehead atoms. The van der Waals surface area contributed by atoms with Crippen LogP contribution in [0.15, 0.2) is 35.0 Å². The van der Waals surface area contributed by atoms with Gasteiger partial charge in [-0.3, -0.25) is 0 Å². The first-order valence-electron chi connectivity index (χ1n) is 4.83. The number of allylic oxidation sites excluding steroid dienone is 1. The van der Waals surface area contributed by atoms with Crippen LogP contribution < -0.4 is 0 Å². The lowest BCUT2D eigenvalue weighted by atomic mass is 10.1. The highest BCUT2D eigenvalue weighted by Gasteiger charge is 2.29. The molecule has 0 aliphatic rings. The van der Waals surface area contributed by atoms with Gasteiger partial charge in [0.2, 0.25) is 0 Å². The van der Waals surface area contributed by atoms with E-state index in [1.165, 1.54) is 31.5 Å². The second-order valence-corrected chi connectivity index (χ2v) is 3.25. The van der Waals surface area contributed by atoms with Crippen molar-refractivity contribution in [2.24, 2.45) is 5.16 Å². The number of benzene rings is 1. The Kier molecular flexibility index (Phi) is 4.49. The average Bonchev–Trinajstić information content (AvgIpc) is 2.34. The van der Waals surface area contributed by atoms with Crippen LogP contribution >= 0.6 is 0 Å². The number of rotatable bonds is 3. The number of hydrogen-bond acceptors (Lipinski definition) is 3. The zero-order valence-electron chi connectivity index (χ0n) is 9.40. The highest BCUT2D eigenvalue weighted by atomic mass is 19.4. The normalized spacial score (nSPS) is 12.5. The van der Waals surface area contributed by atoms with Crippen LogP contribution in [-0.4, -0.2) is 13.3 Å². The lowest BCUT2D eigenvalue weighted by Crippen LogP contribution is -2.04. The number of oxime groups is 1. The Morgan fingerprint density at radius 2 is 1.94 bits per heavy atom. The smallest absolute Gasteiger partial charge is 0.399 e. The van der Waals surface area contributed by atoms with E-state index >= 15 is 0 Å². The van der Waals surface area contributed by atoms with Gasteiger partial charge < -0.3 is 4.84 Å². The van der Waals surface area contributed by atoms with Crippen LogP contribution in [0.3, 0.4) is 0 Å². The van der Waals surface area contributed by atoms with Crippen LogP contribution in [0.25, 0.3) is 6.08 Å². The van der Waals surface area contributed by atoms with Gasteiger partial charge in [0.05, 0.1) is 17.4 Å². The van der Waals surface area contributed by atoms with E-state index in [4.69, 9.17) is 5.26 Å². The first-order chi connectivity index (χ1) is 8.47. The largest absolute Gasteiger partial charge is 0.416 e. The van der Waals surface area contributed by atoms with Crippen molar-refractivity contribution < 1.29 is 18.0 Å². The Morgan fingerprint density at radius 1 is 1.33 bits per heavy atom. The summed E-state index contributed by atoms with van der Waals surface area (Å²) in [5.74, 6) is 0. The monoisotopic (exact) mass is 254 g/mol. The Bertz CT molecular complexity index is 496. The molecule has 0 unspecified atom stereocenters. The summed E-state index contributed by atoms with van der Waals surface area (Å²) in [5, 5.41) is 12.2. The Morgan fingerprint density at radius 3 is 2.39 bits per heavy atom. The third kappa shape index (κ3) is 3.94. The lowest BCUT2D eigenvalue weighted by molar-refractivity contribution is -0.137. The van der Waals surface area contributed by atoms with Gasteiger partial charge in [-0.25, -0.2) is 0 Å². The fraction of sp³-hybridized carbons (Fsp3) is 0.167. The molecule has 0 heterocycles. The molecule has 0 aromatic heterocycles. The molecule has 0 saturated heterocycles. The Labute approximate surface area is 102 Å². The van der Waals surface area contributed by atoms with E-state index in [-0.39, 0.29) is 5.57 Å². The molecule has 18 heavy (non-hydrogen) atoms. The Balaban J connectivity index is 2.96. The van der Waals surface area contributed by atoms with Crippen LogP contribution in [0.4, 0.5) is 13.2 Å². The van der Waals surface area contributed by atoms with Crippen molar-refractivity contribution in [1.82, 2.24) is 0 Å². The maximum absolute atomic E-state index is 12.3. The van der Waals surface area contributed by atoms with Gasteiger partial charge in [-0.2, -0.15) is 18.4 Å². The molecule has 1 aromatic rings. The topological polar surface area (TPSA) is 45.4 Å². The van der Waals surface area contributed by atoms with Crippen LogP contribution in [0, 0.1) is 11.3 Å². The van der Waals surface area contributed by atoms with Crippen molar-refractivity contribution >= 4 is 12.3 Å². The van der Waals surface area contributed by atoms with Crippen molar-refractivity contribution in [2.45, 2.75) is 6.18 Å². The maximum Gasteiger partial charge on any atom is 0.416 e. The molecule has 0 amide bonds. The van der Waals surface area contributed by atoms with Crippen molar-refractivity contribution in [3.63, 3.8) is 0 Å². The molecule has 0 spiro atoms. The molecule has 0 atom stereocenters. The van der Waals surface area contributed by atoms with Crippen LogP contribution in [0.5, 0.6) is 0 Å². The molecule has 1 aromatic carbocycles. The molecule has 94 valence electrons. The van der Waals surface area contributed by atoms with Gasteiger partial charge in [0, 0.05) is 0 Å². The fourth-order valence-corrected chi connectivity index (χ4v) is 1.16. The number of hydrogen-bond donors (Lipinski definition) is 0. The SMILES string of the molecule is CON=CC(C#N)=Cc1ccc(C(F)(F)F)cc1.